The topological polar surface area (TPSA) is 165 Å². The van der Waals surface area contributed by atoms with Gasteiger partial charge in [-0.1, -0.05) is 47.5 Å². The number of aromatic nitrogens is 2. The molecule has 4 aliphatic rings. The molecule has 1 N–H and O–H groups in total. The third-order valence-corrected chi connectivity index (χ3v) is 13.9. The first-order valence-electron chi connectivity index (χ1n) is 18.6. The van der Waals surface area contributed by atoms with Crippen LogP contribution in [0.5, 0.6) is 5.75 Å². The van der Waals surface area contributed by atoms with Crippen LogP contribution in [0.4, 0.5) is 17.2 Å². The van der Waals surface area contributed by atoms with E-state index in [1.165, 1.54) is 33.8 Å². The monoisotopic (exact) mass is 805 g/mol. The first kappa shape index (κ1) is 36.9. The molecule has 0 bridgehead atoms. The van der Waals surface area contributed by atoms with E-state index in [2.05, 4.69) is 0 Å². The molecule has 4 amide bonds. The molecule has 0 radical (unpaired) electrons. The van der Waals surface area contributed by atoms with Gasteiger partial charge < -0.3 is 9.84 Å². The van der Waals surface area contributed by atoms with Crippen molar-refractivity contribution in [1.29, 1.82) is 0 Å². The van der Waals surface area contributed by atoms with Gasteiger partial charge in [0.25, 0.3) is 5.69 Å². The van der Waals surface area contributed by atoms with Crippen LogP contribution in [0, 0.1) is 46.1 Å². The van der Waals surface area contributed by atoms with Crippen LogP contribution < -0.4 is 14.5 Å². The van der Waals surface area contributed by atoms with Gasteiger partial charge in [0.05, 0.1) is 45.3 Å². The lowest BCUT2D eigenvalue weighted by Gasteiger charge is -2.49. The maximum Gasteiger partial charge on any atom is 0.271 e. The minimum absolute atomic E-state index is 0.0115. The first-order chi connectivity index (χ1) is 27.3. The van der Waals surface area contributed by atoms with Crippen molar-refractivity contribution in [2.45, 2.75) is 32.6 Å². The number of aliphatic hydroxyl groups excluding tert-OH is 1. The average Bonchev–Trinajstić information content (AvgIpc) is 3.87. The number of amides is 4. The summed E-state index contributed by atoms with van der Waals surface area (Å²) < 4.78 is 8.60. The van der Waals surface area contributed by atoms with Crippen molar-refractivity contribution in [1.82, 2.24) is 9.78 Å². The molecule has 4 heterocycles. The number of allylic oxidation sites excluding steroid dienone is 2. The molecule has 6 atom stereocenters. The summed E-state index contributed by atoms with van der Waals surface area (Å²) in [5.41, 5.74) is 1.44. The molecule has 13 nitrogen and oxygen atoms in total. The normalized spacial score (nSPS) is 25.5. The van der Waals surface area contributed by atoms with Crippen molar-refractivity contribution in [3.05, 3.63) is 111 Å². The Morgan fingerprint density at radius 1 is 1.00 bits per heavy atom. The molecule has 3 fully saturated rings. The number of benzene rings is 3. The van der Waals surface area contributed by atoms with E-state index >= 15 is 4.79 Å². The SMILES string of the molecule is Cc1c(-c2cc(N3C(=O)C4CC5C(=CCC6C(=O)N(c7cccc([N+](=O)[O-])c7)C(=O)C65)C(c5ccccc5OCCO)C4(C)C3=O)n(C)n2)sc2ccc(Cl)cc12. The smallest absolute Gasteiger partial charge is 0.271 e. The summed E-state index contributed by atoms with van der Waals surface area (Å²) >= 11 is 7.86. The number of ether oxygens (including phenoxy) is 1. The van der Waals surface area contributed by atoms with Gasteiger partial charge in [0.15, 0.2) is 0 Å². The van der Waals surface area contributed by atoms with E-state index in [4.69, 9.17) is 21.4 Å². The van der Waals surface area contributed by atoms with E-state index in [1.54, 1.807) is 43.5 Å². The van der Waals surface area contributed by atoms with E-state index in [1.807, 2.05) is 43.3 Å². The van der Waals surface area contributed by atoms with Crippen molar-refractivity contribution in [3.63, 3.8) is 0 Å². The number of aliphatic hydroxyl groups is 1. The maximum atomic E-state index is 15.2. The highest BCUT2D eigenvalue weighted by molar-refractivity contribution is 7.22. The number of aryl methyl sites for hydroxylation is 2. The molecule has 2 aromatic heterocycles. The number of hydrogen-bond acceptors (Lipinski definition) is 10. The van der Waals surface area contributed by atoms with Gasteiger partial charge in [0.1, 0.15) is 23.9 Å². The lowest BCUT2D eigenvalue weighted by atomic mass is 9.51. The minimum atomic E-state index is -1.36. The predicted octanol–water partition coefficient (Wildman–Crippen LogP) is 6.98. The second kappa shape index (κ2) is 13.5. The number of carbonyl (C=O) groups excluding carboxylic acids is 4. The summed E-state index contributed by atoms with van der Waals surface area (Å²) in [4.78, 5) is 72.9. The number of non-ortho nitro benzene ring substituents is 1. The maximum absolute atomic E-state index is 15.2. The van der Waals surface area contributed by atoms with E-state index < -0.39 is 63.6 Å². The number of anilines is 2. The highest BCUT2D eigenvalue weighted by Crippen LogP contribution is 2.64. The summed E-state index contributed by atoms with van der Waals surface area (Å²) in [7, 11) is 1.69. The van der Waals surface area contributed by atoms with E-state index in [-0.39, 0.29) is 37.4 Å². The van der Waals surface area contributed by atoms with Gasteiger partial charge in [0, 0.05) is 46.5 Å². The number of halogens is 1. The fourth-order valence-electron chi connectivity index (χ4n) is 9.80. The van der Waals surface area contributed by atoms with Gasteiger partial charge in [-0.2, -0.15) is 5.10 Å². The Kier molecular flexibility index (Phi) is 8.72. The number of para-hydroxylation sites is 1. The molecule has 0 spiro atoms. The Morgan fingerprint density at radius 2 is 1.79 bits per heavy atom. The lowest BCUT2D eigenvalue weighted by Crippen LogP contribution is -2.49. The van der Waals surface area contributed by atoms with Crippen LogP contribution in [0.2, 0.25) is 5.02 Å². The number of nitro benzene ring substituents is 1. The van der Waals surface area contributed by atoms with E-state index in [0.29, 0.717) is 27.8 Å². The van der Waals surface area contributed by atoms with Crippen LogP contribution in [0.15, 0.2) is 84.4 Å². The Balaban J connectivity index is 1.16. The summed E-state index contributed by atoms with van der Waals surface area (Å²) in [5.74, 6) is -5.04. The molecule has 15 heteroatoms. The Labute approximate surface area is 335 Å². The number of imide groups is 2. The Bertz CT molecular complexity index is 2620. The summed E-state index contributed by atoms with van der Waals surface area (Å²) in [5, 5.41) is 27.7. The van der Waals surface area contributed by atoms with Crippen LogP contribution in [-0.2, 0) is 26.2 Å². The van der Waals surface area contributed by atoms with Gasteiger partial charge in [-0.3, -0.25) is 34.0 Å². The van der Waals surface area contributed by atoms with Crippen molar-refractivity contribution >= 4 is 73.8 Å². The fraction of sp³-hybridized carbons (Fsp3) is 0.310. The zero-order valence-corrected chi connectivity index (χ0v) is 32.6. The van der Waals surface area contributed by atoms with E-state index in [0.717, 1.165) is 31.0 Å². The summed E-state index contributed by atoms with van der Waals surface area (Å²) in [6.07, 6.45) is 2.24. The van der Waals surface area contributed by atoms with Gasteiger partial charge in [-0.15, -0.1) is 11.3 Å². The Morgan fingerprint density at radius 3 is 2.56 bits per heavy atom. The number of nitrogens with zero attached hydrogens (tertiary/aromatic N) is 5. The van der Waals surface area contributed by atoms with E-state index in [9.17, 15) is 29.6 Å². The molecular weight excluding hydrogens is 770 g/mol. The second-order valence-corrected chi connectivity index (χ2v) is 16.8. The van der Waals surface area contributed by atoms with Crippen LogP contribution in [-0.4, -0.2) is 56.7 Å². The second-order valence-electron chi connectivity index (χ2n) is 15.3. The Hall–Kier alpha value is -5.70. The highest BCUT2D eigenvalue weighted by Gasteiger charge is 2.68. The molecule has 2 saturated heterocycles. The van der Waals surface area contributed by atoms with Crippen LogP contribution in [0.1, 0.15) is 36.8 Å². The highest BCUT2D eigenvalue weighted by atomic mass is 35.5. The molecule has 1 saturated carbocycles. The van der Waals surface area contributed by atoms with Gasteiger partial charge in [0.2, 0.25) is 23.6 Å². The number of thiophene rings is 1. The standard InChI is InChI=1S/C42H36ClN5O8S/c1-21-28-17-22(43)11-14-33(28)57-37(21)31-20-34(45(3)44-31)47-39(51)30-19-29-25(36(42(30,2)41(47)53)26-9-4-5-10-32(26)56-16-15-49)12-13-27-35(29)40(52)46(38(27)50)23-7-6-8-24(18-23)48(54)55/h4-12,14,17-18,20,27,29-30,35-36,49H,13,15-16,19H2,1-3H3. The molecule has 2 aliphatic heterocycles. The molecule has 3 aromatic carbocycles. The fourth-order valence-corrected chi connectivity index (χ4v) is 11.1. The van der Waals surface area contributed by atoms with Gasteiger partial charge in [-0.25, -0.2) is 9.80 Å². The van der Waals surface area contributed by atoms with Crippen molar-refractivity contribution in [3.8, 4) is 16.3 Å². The molecule has 290 valence electrons. The number of carbonyl (C=O) groups is 4. The van der Waals surface area contributed by atoms with Gasteiger partial charge >= 0.3 is 0 Å². The van der Waals surface area contributed by atoms with Crippen LogP contribution in [0.3, 0.4) is 0 Å². The number of rotatable bonds is 8. The van der Waals surface area contributed by atoms with Crippen LogP contribution in [0.25, 0.3) is 20.7 Å². The zero-order valence-electron chi connectivity index (χ0n) is 31.0. The van der Waals surface area contributed by atoms with Crippen molar-refractivity contribution < 1.29 is 33.9 Å². The third-order valence-electron chi connectivity index (χ3n) is 12.4. The van der Waals surface area contributed by atoms with Crippen molar-refractivity contribution in [2.24, 2.45) is 36.1 Å². The lowest BCUT2D eigenvalue weighted by molar-refractivity contribution is -0.384. The quantitative estimate of drug-likeness (QED) is 0.0754. The zero-order chi connectivity index (χ0) is 40.1. The molecule has 5 aromatic rings. The number of nitro groups is 1. The molecule has 2 aliphatic carbocycles. The molecule has 9 rings (SSSR count). The predicted molar refractivity (Wildman–Crippen MR) is 213 cm³/mol. The molecule has 57 heavy (non-hydrogen) atoms. The van der Waals surface area contributed by atoms with Gasteiger partial charge in [-0.05, 0) is 73.9 Å². The average molecular weight is 806 g/mol. The minimum Gasteiger partial charge on any atom is -0.491 e. The van der Waals surface area contributed by atoms with Crippen molar-refractivity contribution in [2.75, 3.05) is 23.0 Å². The number of hydrogen-bond donors (Lipinski definition) is 1. The first-order valence-corrected chi connectivity index (χ1v) is 19.8. The largest absolute Gasteiger partial charge is 0.491 e. The van der Waals surface area contributed by atoms with Crippen LogP contribution >= 0.6 is 22.9 Å². The molecule has 6 unspecified atom stereocenters. The third kappa shape index (κ3) is 5.41. The number of fused-ring (bicyclic) bond motifs is 5. The summed E-state index contributed by atoms with van der Waals surface area (Å²) in [6.45, 7) is 3.52. The molecular formula is C42H36ClN5O8S. The summed E-state index contributed by atoms with van der Waals surface area (Å²) in [6, 6.07) is 20.1.